The molecule has 2 aromatic rings. The Hall–Kier alpha value is -1.72. The molecule has 3 N–H and O–H groups in total. The Morgan fingerprint density at radius 2 is 2.05 bits per heavy atom. The van der Waals surface area contributed by atoms with Crippen molar-refractivity contribution in [1.29, 1.82) is 0 Å². The van der Waals surface area contributed by atoms with Gasteiger partial charge in [0.1, 0.15) is 11.5 Å². The lowest BCUT2D eigenvalue weighted by molar-refractivity contribution is 0.318. The maximum Gasteiger partial charge on any atom is 0.175 e. The van der Waals surface area contributed by atoms with Crippen molar-refractivity contribution in [3.63, 3.8) is 0 Å². The van der Waals surface area contributed by atoms with E-state index in [9.17, 15) is 0 Å². The van der Waals surface area contributed by atoms with Gasteiger partial charge in [-0.25, -0.2) is 0 Å². The van der Waals surface area contributed by atoms with E-state index in [4.69, 9.17) is 27.3 Å². The Balaban J connectivity index is 2.46. The zero-order valence-electron chi connectivity index (χ0n) is 10.6. The molecule has 0 aliphatic carbocycles. The van der Waals surface area contributed by atoms with E-state index in [0.29, 0.717) is 26.6 Å². The van der Waals surface area contributed by atoms with Crippen LogP contribution in [0.1, 0.15) is 11.1 Å². The summed E-state index contributed by atoms with van der Waals surface area (Å²) in [4.78, 5) is 0. The molecular weight excluding hydrogens is 344 g/mol. The fourth-order valence-corrected chi connectivity index (χ4v) is 2.52. The van der Waals surface area contributed by atoms with Crippen LogP contribution in [0, 0.1) is 6.92 Å². The van der Waals surface area contributed by atoms with Gasteiger partial charge in [-0.2, -0.15) is 0 Å². The van der Waals surface area contributed by atoms with Crippen molar-refractivity contribution in [3.05, 3.63) is 57.0 Å². The molecule has 2 aromatic carbocycles. The van der Waals surface area contributed by atoms with Gasteiger partial charge in [-0.15, -0.1) is 0 Å². The molecule has 0 aromatic heterocycles. The van der Waals surface area contributed by atoms with Gasteiger partial charge in [-0.1, -0.05) is 28.9 Å². The molecule has 20 heavy (non-hydrogen) atoms. The normalized spacial score (nSPS) is 11.4. The van der Waals surface area contributed by atoms with Gasteiger partial charge in [0.25, 0.3) is 0 Å². The number of hydrogen-bond acceptors (Lipinski definition) is 3. The maximum atomic E-state index is 8.85. The summed E-state index contributed by atoms with van der Waals surface area (Å²) in [5, 5.41) is 12.4. The summed E-state index contributed by atoms with van der Waals surface area (Å²) < 4.78 is 6.43. The van der Waals surface area contributed by atoms with Crippen LogP contribution in [0.15, 0.2) is 46.0 Å². The molecular formula is C14H12BrClN2O2. The Bertz CT molecular complexity index is 674. The largest absolute Gasteiger partial charge is 0.455 e. The molecule has 0 radical (unpaired) electrons. The number of nitrogens with two attached hydrogens (primary N) is 1. The van der Waals surface area contributed by atoms with Crippen LogP contribution in [0.3, 0.4) is 0 Å². The summed E-state index contributed by atoms with van der Waals surface area (Å²) in [6.45, 7) is 1.94. The van der Waals surface area contributed by atoms with E-state index in [0.717, 1.165) is 5.56 Å². The molecule has 0 saturated carbocycles. The molecule has 104 valence electrons. The second-order valence-electron chi connectivity index (χ2n) is 4.13. The second kappa shape index (κ2) is 6.15. The molecule has 0 amide bonds. The quantitative estimate of drug-likeness (QED) is 0.373. The lowest BCUT2D eigenvalue weighted by Crippen LogP contribution is -2.15. The summed E-state index contributed by atoms with van der Waals surface area (Å²) in [6, 6.07) is 10.7. The van der Waals surface area contributed by atoms with Gasteiger partial charge in [0.15, 0.2) is 5.84 Å². The molecule has 0 bridgehead atoms. The first-order valence-corrected chi connectivity index (χ1v) is 6.90. The van der Waals surface area contributed by atoms with Crippen molar-refractivity contribution in [2.75, 3.05) is 0 Å². The van der Waals surface area contributed by atoms with Crippen LogP contribution in [-0.4, -0.2) is 11.0 Å². The highest BCUT2D eigenvalue weighted by atomic mass is 79.9. The monoisotopic (exact) mass is 354 g/mol. The van der Waals surface area contributed by atoms with Gasteiger partial charge < -0.3 is 15.7 Å². The van der Waals surface area contributed by atoms with Crippen molar-refractivity contribution in [2.24, 2.45) is 10.9 Å². The van der Waals surface area contributed by atoms with Crippen LogP contribution in [0.2, 0.25) is 5.02 Å². The summed E-state index contributed by atoms with van der Waals surface area (Å²) in [7, 11) is 0. The molecule has 0 aliphatic heterocycles. The zero-order chi connectivity index (χ0) is 14.7. The van der Waals surface area contributed by atoms with Gasteiger partial charge in [0.2, 0.25) is 0 Å². The number of hydrogen-bond donors (Lipinski definition) is 2. The number of aryl methyl sites for hydroxylation is 1. The summed E-state index contributed by atoms with van der Waals surface area (Å²) >= 11 is 9.48. The predicted molar refractivity (Wildman–Crippen MR) is 82.9 cm³/mol. The van der Waals surface area contributed by atoms with Crippen molar-refractivity contribution in [2.45, 2.75) is 6.92 Å². The number of halogens is 2. The summed E-state index contributed by atoms with van der Waals surface area (Å²) in [5.74, 6) is 0.901. The first-order valence-electron chi connectivity index (χ1n) is 5.73. The standard InChI is InChI=1S/C14H12BrClN2O2/c1-8-5-6-11(10(16)7-8)20-12-4-2-3-9(15)13(12)14(17)18-19/h2-7,19H,1H3,(H2,17,18). The minimum Gasteiger partial charge on any atom is -0.455 e. The average Bonchev–Trinajstić information content (AvgIpc) is 2.41. The maximum absolute atomic E-state index is 8.85. The number of benzene rings is 2. The van der Waals surface area contributed by atoms with Crippen LogP contribution in [-0.2, 0) is 0 Å². The lowest BCUT2D eigenvalue weighted by Gasteiger charge is -2.13. The van der Waals surface area contributed by atoms with Gasteiger partial charge in [-0.05, 0) is 52.7 Å². The number of nitrogens with zero attached hydrogens (tertiary/aromatic N) is 1. The first-order chi connectivity index (χ1) is 9.52. The summed E-state index contributed by atoms with van der Waals surface area (Å²) in [5.41, 5.74) is 7.17. The highest BCUT2D eigenvalue weighted by Gasteiger charge is 2.14. The minimum absolute atomic E-state index is 0.0456. The third kappa shape index (κ3) is 3.05. The molecule has 4 nitrogen and oxygen atoms in total. The predicted octanol–water partition coefficient (Wildman–Crippen LogP) is 4.30. The van der Waals surface area contributed by atoms with Crippen molar-refractivity contribution >= 4 is 33.4 Å². The van der Waals surface area contributed by atoms with E-state index >= 15 is 0 Å². The third-order valence-corrected chi connectivity index (χ3v) is 3.60. The number of amidine groups is 1. The molecule has 6 heteroatoms. The van der Waals surface area contributed by atoms with E-state index in [1.807, 2.05) is 13.0 Å². The fourth-order valence-electron chi connectivity index (χ4n) is 1.70. The SMILES string of the molecule is Cc1ccc(Oc2cccc(Br)c2/C(N)=N/O)c(Cl)c1. The van der Waals surface area contributed by atoms with E-state index < -0.39 is 0 Å². The molecule has 0 saturated heterocycles. The van der Waals surface area contributed by atoms with E-state index in [1.54, 1.807) is 30.3 Å². The van der Waals surface area contributed by atoms with Crippen LogP contribution in [0.4, 0.5) is 0 Å². The van der Waals surface area contributed by atoms with Crippen LogP contribution >= 0.6 is 27.5 Å². The van der Waals surface area contributed by atoms with Crippen molar-refractivity contribution < 1.29 is 9.94 Å². The van der Waals surface area contributed by atoms with E-state index in [1.165, 1.54) is 0 Å². The fraction of sp³-hybridized carbons (Fsp3) is 0.0714. The number of rotatable bonds is 3. The Kier molecular flexibility index (Phi) is 4.52. The molecule has 0 unspecified atom stereocenters. The molecule has 0 heterocycles. The summed E-state index contributed by atoms with van der Waals surface area (Å²) in [6.07, 6.45) is 0. The lowest BCUT2D eigenvalue weighted by atomic mass is 10.2. The van der Waals surface area contributed by atoms with Crippen molar-refractivity contribution in [3.8, 4) is 11.5 Å². The zero-order valence-corrected chi connectivity index (χ0v) is 12.9. The topological polar surface area (TPSA) is 67.8 Å². The minimum atomic E-state index is -0.0456. The second-order valence-corrected chi connectivity index (χ2v) is 5.40. The molecule has 0 atom stereocenters. The Morgan fingerprint density at radius 1 is 1.30 bits per heavy atom. The van der Waals surface area contributed by atoms with Crippen LogP contribution in [0.25, 0.3) is 0 Å². The molecule has 0 aliphatic rings. The molecule has 0 fully saturated rings. The highest BCUT2D eigenvalue weighted by molar-refractivity contribution is 9.10. The van der Waals surface area contributed by atoms with E-state index in [2.05, 4.69) is 21.1 Å². The first kappa shape index (κ1) is 14.7. The Morgan fingerprint density at radius 3 is 2.70 bits per heavy atom. The van der Waals surface area contributed by atoms with Crippen molar-refractivity contribution in [1.82, 2.24) is 0 Å². The number of oxime groups is 1. The van der Waals surface area contributed by atoms with Gasteiger partial charge in [0.05, 0.1) is 10.6 Å². The third-order valence-electron chi connectivity index (χ3n) is 2.65. The smallest absolute Gasteiger partial charge is 0.175 e. The molecule has 2 rings (SSSR count). The molecule has 0 spiro atoms. The average molecular weight is 356 g/mol. The highest BCUT2D eigenvalue weighted by Crippen LogP contribution is 2.34. The van der Waals surface area contributed by atoms with Gasteiger partial charge in [-0.3, -0.25) is 0 Å². The van der Waals surface area contributed by atoms with E-state index in [-0.39, 0.29) is 5.84 Å². The van der Waals surface area contributed by atoms with Gasteiger partial charge in [0, 0.05) is 4.47 Å². The Labute approximate surface area is 129 Å². The van der Waals surface area contributed by atoms with Gasteiger partial charge >= 0.3 is 0 Å². The van der Waals surface area contributed by atoms with Crippen LogP contribution < -0.4 is 10.5 Å². The number of ether oxygens (including phenoxy) is 1. The van der Waals surface area contributed by atoms with Crippen LogP contribution in [0.5, 0.6) is 11.5 Å².